The first-order chi connectivity index (χ1) is 11.0. The molecule has 2 aromatic rings. The first kappa shape index (κ1) is 18.5. The zero-order valence-corrected chi connectivity index (χ0v) is 14.1. The molecule has 0 saturated heterocycles. The summed E-state index contributed by atoms with van der Waals surface area (Å²) in [5, 5.41) is 4.98. The molecule has 0 heterocycles. The van der Waals surface area contributed by atoms with E-state index in [-0.39, 0.29) is 21.9 Å². The maximum absolute atomic E-state index is 13.7. The molecule has 2 rings (SSSR count). The lowest BCUT2D eigenvalue weighted by molar-refractivity contribution is 0.454. The average molecular weight is 376 g/mol. The third-order valence-electron chi connectivity index (χ3n) is 3.25. The van der Waals surface area contributed by atoms with E-state index in [9.17, 15) is 25.6 Å². The van der Waals surface area contributed by atoms with Gasteiger partial charge in [-0.15, -0.1) is 0 Å². The van der Waals surface area contributed by atoms with Crippen molar-refractivity contribution >= 4 is 20.0 Å². The predicted octanol–water partition coefficient (Wildman–Crippen LogP) is 1.43. The number of nitrogens with zero attached hydrogens (tertiary/aromatic N) is 1. The molecule has 0 radical (unpaired) electrons. The quantitative estimate of drug-likeness (QED) is 0.854. The van der Waals surface area contributed by atoms with Crippen LogP contribution in [0, 0.1) is 11.6 Å². The van der Waals surface area contributed by atoms with E-state index in [1.165, 1.54) is 19.2 Å². The summed E-state index contributed by atoms with van der Waals surface area (Å²) in [6.07, 6.45) is 0. The highest BCUT2D eigenvalue weighted by Gasteiger charge is 2.23. The SMILES string of the molecule is CN(Cc1ccc(F)cc1F)S(=O)(=O)c1cccc(S(N)(=O)=O)c1. The molecule has 0 aliphatic rings. The number of nitrogens with two attached hydrogens (primary N) is 1. The van der Waals surface area contributed by atoms with Crippen LogP contribution >= 0.6 is 0 Å². The third kappa shape index (κ3) is 3.96. The van der Waals surface area contributed by atoms with Crippen LogP contribution in [-0.4, -0.2) is 28.2 Å². The lowest BCUT2D eigenvalue weighted by atomic mass is 10.2. The van der Waals surface area contributed by atoms with Gasteiger partial charge in [0, 0.05) is 25.2 Å². The van der Waals surface area contributed by atoms with E-state index in [1.807, 2.05) is 0 Å². The molecule has 130 valence electrons. The van der Waals surface area contributed by atoms with Gasteiger partial charge in [0.2, 0.25) is 20.0 Å². The van der Waals surface area contributed by atoms with Crippen LogP contribution in [0.3, 0.4) is 0 Å². The van der Waals surface area contributed by atoms with E-state index in [0.717, 1.165) is 28.6 Å². The van der Waals surface area contributed by atoms with Crippen molar-refractivity contribution in [2.75, 3.05) is 7.05 Å². The average Bonchev–Trinajstić information content (AvgIpc) is 2.49. The summed E-state index contributed by atoms with van der Waals surface area (Å²) in [5.74, 6) is -1.65. The van der Waals surface area contributed by atoms with Crippen molar-refractivity contribution in [3.63, 3.8) is 0 Å². The molecule has 0 aliphatic heterocycles. The number of hydrogen-bond donors (Lipinski definition) is 1. The summed E-state index contributed by atoms with van der Waals surface area (Å²) in [5.41, 5.74) is -0.0231. The Morgan fingerprint density at radius 3 is 2.21 bits per heavy atom. The van der Waals surface area contributed by atoms with Crippen LogP contribution in [0.15, 0.2) is 52.3 Å². The standard InChI is InChI=1S/C14H14F2N2O4S2/c1-18(9-10-5-6-11(15)7-14(10)16)24(21,22)13-4-2-3-12(8-13)23(17,19)20/h2-8H,9H2,1H3,(H2,17,19,20). The molecular formula is C14H14F2N2O4S2. The Bertz CT molecular complexity index is 976. The highest BCUT2D eigenvalue weighted by molar-refractivity contribution is 7.90. The zero-order valence-electron chi connectivity index (χ0n) is 12.5. The van der Waals surface area contributed by atoms with Crippen molar-refractivity contribution in [2.45, 2.75) is 16.3 Å². The van der Waals surface area contributed by atoms with Gasteiger partial charge in [-0.3, -0.25) is 0 Å². The molecule has 0 saturated carbocycles. The maximum atomic E-state index is 13.7. The molecule has 0 amide bonds. The second-order valence-corrected chi connectivity index (χ2v) is 8.62. The van der Waals surface area contributed by atoms with Gasteiger partial charge < -0.3 is 0 Å². The number of sulfonamides is 2. The maximum Gasteiger partial charge on any atom is 0.243 e. The van der Waals surface area contributed by atoms with Gasteiger partial charge in [-0.25, -0.2) is 30.8 Å². The molecule has 0 atom stereocenters. The van der Waals surface area contributed by atoms with Crippen molar-refractivity contribution in [3.8, 4) is 0 Å². The fraction of sp³-hybridized carbons (Fsp3) is 0.143. The Morgan fingerprint density at radius 1 is 1.00 bits per heavy atom. The van der Waals surface area contributed by atoms with Crippen LogP contribution in [-0.2, 0) is 26.6 Å². The van der Waals surface area contributed by atoms with E-state index >= 15 is 0 Å². The van der Waals surface area contributed by atoms with E-state index in [4.69, 9.17) is 5.14 Å². The summed E-state index contributed by atoms with van der Waals surface area (Å²) >= 11 is 0. The molecule has 10 heteroatoms. The normalized spacial score (nSPS) is 12.5. The molecule has 0 fully saturated rings. The van der Waals surface area contributed by atoms with Gasteiger partial charge in [-0.05, 0) is 24.3 Å². The van der Waals surface area contributed by atoms with Crippen molar-refractivity contribution in [1.82, 2.24) is 4.31 Å². The summed E-state index contributed by atoms with van der Waals surface area (Å²) in [7, 11) is -6.96. The number of rotatable bonds is 5. The number of hydrogen-bond acceptors (Lipinski definition) is 4. The van der Waals surface area contributed by atoms with E-state index in [0.29, 0.717) is 6.07 Å². The van der Waals surface area contributed by atoms with Crippen molar-refractivity contribution in [3.05, 3.63) is 59.7 Å². The lowest BCUT2D eigenvalue weighted by Gasteiger charge is -2.18. The van der Waals surface area contributed by atoms with Gasteiger partial charge in [0.1, 0.15) is 11.6 Å². The largest absolute Gasteiger partial charge is 0.243 e. The minimum atomic E-state index is -4.09. The second-order valence-electron chi connectivity index (χ2n) is 5.02. The van der Waals surface area contributed by atoms with Crippen LogP contribution in [0.4, 0.5) is 8.78 Å². The zero-order chi connectivity index (χ0) is 18.1. The number of halogens is 2. The van der Waals surface area contributed by atoms with E-state index < -0.39 is 31.7 Å². The van der Waals surface area contributed by atoms with Crippen molar-refractivity contribution < 1.29 is 25.6 Å². The molecule has 0 unspecified atom stereocenters. The Hall–Kier alpha value is -1.88. The highest BCUT2D eigenvalue weighted by atomic mass is 32.2. The van der Waals surface area contributed by atoms with Crippen LogP contribution < -0.4 is 5.14 Å². The lowest BCUT2D eigenvalue weighted by Crippen LogP contribution is -2.27. The van der Waals surface area contributed by atoms with Crippen LogP contribution in [0.2, 0.25) is 0 Å². The summed E-state index contributed by atoms with van der Waals surface area (Å²) in [4.78, 5) is -0.663. The Labute approximate surface area is 138 Å². The molecular weight excluding hydrogens is 362 g/mol. The summed E-state index contributed by atoms with van der Waals surface area (Å²) < 4.78 is 75.0. The van der Waals surface area contributed by atoms with Crippen LogP contribution in [0.5, 0.6) is 0 Å². The minimum Gasteiger partial charge on any atom is -0.225 e. The first-order valence-corrected chi connectivity index (χ1v) is 9.53. The fourth-order valence-corrected chi connectivity index (χ4v) is 3.80. The predicted molar refractivity (Wildman–Crippen MR) is 82.8 cm³/mol. The monoisotopic (exact) mass is 376 g/mol. The molecule has 0 bridgehead atoms. The molecule has 2 aromatic carbocycles. The second kappa shape index (κ2) is 6.55. The smallest absolute Gasteiger partial charge is 0.225 e. The van der Waals surface area contributed by atoms with E-state index in [2.05, 4.69) is 0 Å². The molecule has 0 spiro atoms. The molecule has 24 heavy (non-hydrogen) atoms. The Kier molecular flexibility index (Phi) is 5.04. The molecule has 2 N–H and O–H groups in total. The fourth-order valence-electron chi connectivity index (χ4n) is 1.97. The summed E-state index contributed by atoms with van der Waals surface area (Å²) in [6, 6.07) is 7.31. The van der Waals surface area contributed by atoms with Gasteiger partial charge in [-0.1, -0.05) is 12.1 Å². The summed E-state index contributed by atoms with van der Waals surface area (Å²) in [6.45, 7) is -0.353. The highest BCUT2D eigenvalue weighted by Crippen LogP contribution is 2.20. The molecule has 0 aromatic heterocycles. The minimum absolute atomic E-state index is 0.0231. The van der Waals surface area contributed by atoms with Crippen LogP contribution in [0.1, 0.15) is 5.56 Å². The van der Waals surface area contributed by atoms with Crippen LogP contribution in [0.25, 0.3) is 0 Å². The van der Waals surface area contributed by atoms with Gasteiger partial charge in [0.05, 0.1) is 9.79 Å². The van der Waals surface area contributed by atoms with Gasteiger partial charge >= 0.3 is 0 Å². The topological polar surface area (TPSA) is 97.5 Å². The Morgan fingerprint density at radius 2 is 1.62 bits per heavy atom. The molecule has 6 nitrogen and oxygen atoms in total. The molecule has 0 aliphatic carbocycles. The van der Waals surface area contributed by atoms with Gasteiger partial charge in [-0.2, -0.15) is 4.31 Å². The van der Waals surface area contributed by atoms with Crippen molar-refractivity contribution in [1.29, 1.82) is 0 Å². The van der Waals surface area contributed by atoms with Gasteiger partial charge in [0.15, 0.2) is 0 Å². The number of benzene rings is 2. The van der Waals surface area contributed by atoms with Gasteiger partial charge in [0.25, 0.3) is 0 Å². The number of primary sulfonamides is 1. The van der Waals surface area contributed by atoms with E-state index in [1.54, 1.807) is 0 Å². The first-order valence-electron chi connectivity index (χ1n) is 6.55. The Balaban J connectivity index is 2.36. The van der Waals surface area contributed by atoms with Crippen molar-refractivity contribution in [2.24, 2.45) is 5.14 Å². The third-order valence-corrected chi connectivity index (χ3v) is 5.96.